The van der Waals surface area contributed by atoms with E-state index in [2.05, 4.69) is 11.6 Å². The number of pyridine rings is 1. The average Bonchev–Trinajstić information content (AvgIpc) is 2.25. The lowest BCUT2D eigenvalue weighted by molar-refractivity contribution is 0.0696. The van der Waals surface area contributed by atoms with Crippen molar-refractivity contribution in [2.24, 2.45) is 0 Å². The zero-order chi connectivity index (χ0) is 12.1. The fraction of sp³-hybridized carbons (Fsp3) is 0.333. The molecule has 0 aliphatic heterocycles. The molecule has 0 fully saturated rings. The summed E-state index contributed by atoms with van der Waals surface area (Å²) in [6.45, 7) is 9.37. The highest BCUT2D eigenvalue weighted by atomic mass is 16.4. The first kappa shape index (κ1) is 12.2. The smallest absolute Gasteiger partial charge is 0.337 e. The zero-order valence-corrected chi connectivity index (χ0v) is 9.60. The number of carboxylic acids is 1. The minimum absolute atomic E-state index is 0.204. The van der Waals surface area contributed by atoms with Gasteiger partial charge < -0.3 is 10.0 Å². The largest absolute Gasteiger partial charge is 0.478 e. The van der Waals surface area contributed by atoms with Gasteiger partial charge in [0.1, 0.15) is 5.82 Å². The first-order valence-corrected chi connectivity index (χ1v) is 5.13. The van der Waals surface area contributed by atoms with Crippen LogP contribution in [0.3, 0.4) is 0 Å². The van der Waals surface area contributed by atoms with Crippen LogP contribution >= 0.6 is 0 Å². The van der Waals surface area contributed by atoms with Crippen LogP contribution in [0.4, 0.5) is 5.82 Å². The number of aromatic nitrogens is 1. The molecule has 0 atom stereocenters. The molecule has 0 amide bonds. The van der Waals surface area contributed by atoms with E-state index in [-0.39, 0.29) is 5.56 Å². The summed E-state index contributed by atoms with van der Waals surface area (Å²) >= 11 is 0. The predicted molar refractivity (Wildman–Crippen MR) is 63.9 cm³/mol. The first-order valence-electron chi connectivity index (χ1n) is 5.13. The van der Waals surface area contributed by atoms with Gasteiger partial charge in [0.15, 0.2) is 0 Å². The third kappa shape index (κ3) is 3.08. The van der Waals surface area contributed by atoms with Crippen LogP contribution in [0.15, 0.2) is 30.5 Å². The molecule has 1 aromatic rings. The number of rotatable bonds is 5. The van der Waals surface area contributed by atoms with Crippen molar-refractivity contribution in [1.29, 1.82) is 0 Å². The monoisotopic (exact) mass is 220 g/mol. The van der Waals surface area contributed by atoms with E-state index in [1.54, 1.807) is 12.1 Å². The second-order valence-corrected chi connectivity index (χ2v) is 3.68. The molecular formula is C12H16N2O2. The van der Waals surface area contributed by atoms with Crippen LogP contribution in [0.2, 0.25) is 0 Å². The Hall–Kier alpha value is -1.84. The van der Waals surface area contributed by atoms with Gasteiger partial charge >= 0.3 is 5.97 Å². The lowest BCUT2D eigenvalue weighted by Gasteiger charge is -2.21. The molecule has 0 saturated carbocycles. The van der Waals surface area contributed by atoms with Gasteiger partial charge in [-0.1, -0.05) is 12.2 Å². The van der Waals surface area contributed by atoms with E-state index < -0.39 is 5.97 Å². The van der Waals surface area contributed by atoms with Crippen molar-refractivity contribution in [3.8, 4) is 0 Å². The Morgan fingerprint density at radius 1 is 1.56 bits per heavy atom. The van der Waals surface area contributed by atoms with E-state index >= 15 is 0 Å². The van der Waals surface area contributed by atoms with Crippen molar-refractivity contribution in [2.75, 3.05) is 18.0 Å². The van der Waals surface area contributed by atoms with Gasteiger partial charge in [0.05, 0.1) is 5.56 Å². The average molecular weight is 220 g/mol. The van der Waals surface area contributed by atoms with E-state index in [4.69, 9.17) is 5.11 Å². The lowest BCUT2D eigenvalue weighted by Crippen LogP contribution is -2.25. The van der Waals surface area contributed by atoms with Crippen molar-refractivity contribution in [3.05, 3.63) is 36.0 Å². The van der Waals surface area contributed by atoms with E-state index in [1.165, 1.54) is 6.20 Å². The molecule has 0 radical (unpaired) electrons. The molecule has 86 valence electrons. The SMILES string of the molecule is C=C(C)CN(CC)c1ccc(C(=O)O)cn1. The normalized spacial score (nSPS) is 9.88. The fourth-order valence-corrected chi connectivity index (χ4v) is 1.38. The van der Waals surface area contributed by atoms with E-state index in [9.17, 15) is 4.79 Å². The summed E-state index contributed by atoms with van der Waals surface area (Å²) in [7, 11) is 0. The van der Waals surface area contributed by atoms with Gasteiger partial charge in [0.25, 0.3) is 0 Å². The summed E-state index contributed by atoms with van der Waals surface area (Å²) in [4.78, 5) is 16.8. The van der Waals surface area contributed by atoms with Gasteiger partial charge in [-0.15, -0.1) is 0 Å². The molecule has 1 aromatic heterocycles. The van der Waals surface area contributed by atoms with Gasteiger partial charge in [0.2, 0.25) is 0 Å². The van der Waals surface area contributed by atoms with Crippen LogP contribution in [0.5, 0.6) is 0 Å². The minimum Gasteiger partial charge on any atom is -0.478 e. The van der Waals surface area contributed by atoms with Crippen molar-refractivity contribution in [2.45, 2.75) is 13.8 Å². The summed E-state index contributed by atoms with van der Waals surface area (Å²) in [6.07, 6.45) is 1.37. The molecule has 0 spiro atoms. The van der Waals surface area contributed by atoms with Crippen molar-refractivity contribution in [3.63, 3.8) is 0 Å². The quantitative estimate of drug-likeness (QED) is 0.773. The summed E-state index contributed by atoms with van der Waals surface area (Å²) in [5.41, 5.74) is 1.25. The van der Waals surface area contributed by atoms with E-state index in [0.717, 1.165) is 24.5 Å². The van der Waals surface area contributed by atoms with Gasteiger partial charge in [-0.3, -0.25) is 0 Å². The molecule has 4 heteroatoms. The Bertz CT molecular complexity index is 385. The maximum absolute atomic E-state index is 10.7. The molecule has 0 aliphatic rings. The highest BCUT2D eigenvalue weighted by Gasteiger charge is 2.07. The Labute approximate surface area is 95.2 Å². The number of hydrogen-bond acceptors (Lipinski definition) is 3. The third-order valence-electron chi connectivity index (χ3n) is 2.16. The predicted octanol–water partition coefficient (Wildman–Crippen LogP) is 2.18. The van der Waals surface area contributed by atoms with Crippen LogP contribution in [0.1, 0.15) is 24.2 Å². The standard InChI is InChI=1S/C12H16N2O2/c1-4-14(8-9(2)3)11-6-5-10(7-13-11)12(15)16/h5-7H,2,4,8H2,1,3H3,(H,15,16). The molecule has 0 aliphatic carbocycles. The second-order valence-electron chi connectivity index (χ2n) is 3.68. The Balaban J connectivity index is 2.86. The molecule has 1 N–H and O–H groups in total. The number of anilines is 1. The van der Waals surface area contributed by atoms with Crippen LogP contribution in [-0.4, -0.2) is 29.1 Å². The van der Waals surface area contributed by atoms with Crippen LogP contribution < -0.4 is 4.90 Å². The maximum Gasteiger partial charge on any atom is 0.337 e. The molecule has 0 unspecified atom stereocenters. The van der Waals surface area contributed by atoms with Crippen LogP contribution in [0, 0.1) is 0 Å². The maximum atomic E-state index is 10.7. The number of likely N-dealkylation sites (N-methyl/N-ethyl adjacent to an activating group) is 1. The van der Waals surface area contributed by atoms with Crippen LogP contribution in [0.25, 0.3) is 0 Å². The van der Waals surface area contributed by atoms with Gasteiger partial charge in [-0.2, -0.15) is 0 Å². The molecule has 16 heavy (non-hydrogen) atoms. The van der Waals surface area contributed by atoms with Gasteiger partial charge in [0, 0.05) is 19.3 Å². The number of aromatic carboxylic acids is 1. The second kappa shape index (κ2) is 5.30. The molecular weight excluding hydrogens is 204 g/mol. The van der Waals surface area contributed by atoms with Crippen molar-refractivity contribution >= 4 is 11.8 Å². The Morgan fingerprint density at radius 3 is 2.62 bits per heavy atom. The molecule has 0 aromatic carbocycles. The number of nitrogens with zero attached hydrogens (tertiary/aromatic N) is 2. The van der Waals surface area contributed by atoms with Gasteiger partial charge in [-0.25, -0.2) is 9.78 Å². The third-order valence-corrected chi connectivity index (χ3v) is 2.16. The lowest BCUT2D eigenvalue weighted by atomic mass is 10.2. The van der Waals surface area contributed by atoms with Gasteiger partial charge in [-0.05, 0) is 26.0 Å². The molecule has 4 nitrogen and oxygen atoms in total. The topological polar surface area (TPSA) is 53.4 Å². The summed E-state index contributed by atoms with van der Waals surface area (Å²) in [5.74, 6) is -0.183. The van der Waals surface area contributed by atoms with Crippen molar-refractivity contribution < 1.29 is 9.90 Å². The van der Waals surface area contributed by atoms with Crippen molar-refractivity contribution in [1.82, 2.24) is 4.98 Å². The Morgan fingerprint density at radius 2 is 2.25 bits per heavy atom. The highest BCUT2D eigenvalue weighted by molar-refractivity contribution is 5.87. The first-order chi connectivity index (χ1) is 7.54. The Kier molecular flexibility index (Phi) is 4.05. The highest BCUT2D eigenvalue weighted by Crippen LogP contribution is 2.12. The fourth-order valence-electron chi connectivity index (χ4n) is 1.38. The van der Waals surface area contributed by atoms with Crippen LogP contribution in [-0.2, 0) is 0 Å². The summed E-state index contributed by atoms with van der Waals surface area (Å²) in [6, 6.07) is 3.28. The molecule has 1 rings (SSSR count). The minimum atomic E-state index is -0.956. The summed E-state index contributed by atoms with van der Waals surface area (Å²) in [5, 5.41) is 8.75. The van der Waals surface area contributed by atoms with E-state index in [1.807, 2.05) is 18.7 Å². The molecule has 0 saturated heterocycles. The number of carboxylic acid groups (broad SMARTS) is 1. The molecule has 0 bridgehead atoms. The number of carbonyl (C=O) groups is 1. The zero-order valence-electron chi connectivity index (χ0n) is 9.60. The molecule has 1 heterocycles. The summed E-state index contributed by atoms with van der Waals surface area (Å²) < 4.78 is 0. The van der Waals surface area contributed by atoms with E-state index in [0.29, 0.717) is 0 Å². The number of hydrogen-bond donors (Lipinski definition) is 1.